The molecule has 4 rings (SSSR count). The van der Waals surface area contributed by atoms with E-state index in [1.54, 1.807) is 0 Å². The first kappa shape index (κ1) is 20.9. The lowest BCUT2D eigenvalue weighted by Gasteiger charge is -2.26. The quantitative estimate of drug-likeness (QED) is 0.270. The van der Waals surface area contributed by atoms with Crippen molar-refractivity contribution in [1.29, 1.82) is 0 Å². The van der Waals surface area contributed by atoms with Crippen molar-refractivity contribution < 1.29 is 28.1 Å². The molecule has 1 aliphatic heterocycles. The number of carbonyl (C=O) groups is 3. The molecule has 1 saturated heterocycles. The van der Waals surface area contributed by atoms with Gasteiger partial charge >= 0.3 is 6.03 Å². The minimum atomic E-state index is -1.09. The lowest BCUT2D eigenvalue weighted by molar-refractivity contribution is -0.384. The van der Waals surface area contributed by atoms with Gasteiger partial charge in [-0.15, -0.1) is 0 Å². The SMILES string of the molecule is O=C1NC(=O)N(c2ccccc2F)C(=O)C1=Cc1ccc(-c2ccc(Cl)c([N+](=O)[O-])c2)o1. The summed E-state index contributed by atoms with van der Waals surface area (Å²) in [6.45, 7) is 0. The Hall–Kier alpha value is -4.31. The maximum absolute atomic E-state index is 14.1. The van der Waals surface area contributed by atoms with Gasteiger partial charge in [0.1, 0.15) is 27.9 Å². The van der Waals surface area contributed by atoms with E-state index in [-0.39, 0.29) is 27.9 Å². The van der Waals surface area contributed by atoms with E-state index < -0.39 is 34.2 Å². The Morgan fingerprint density at radius 1 is 1.09 bits per heavy atom. The summed E-state index contributed by atoms with van der Waals surface area (Å²) in [5, 5.41) is 13.0. The van der Waals surface area contributed by atoms with E-state index in [1.165, 1.54) is 48.5 Å². The number of rotatable bonds is 4. The van der Waals surface area contributed by atoms with Crippen LogP contribution in [0.2, 0.25) is 5.02 Å². The molecule has 3 aromatic rings. The van der Waals surface area contributed by atoms with E-state index in [0.29, 0.717) is 10.5 Å². The first-order valence-electron chi connectivity index (χ1n) is 8.96. The summed E-state index contributed by atoms with van der Waals surface area (Å²) in [6.07, 6.45) is 1.09. The molecule has 0 aliphatic carbocycles. The Labute approximate surface area is 183 Å². The number of nitrogens with one attached hydrogen (secondary N) is 1. The Bertz CT molecular complexity index is 1330. The molecule has 2 heterocycles. The molecule has 2 aromatic carbocycles. The van der Waals surface area contributed by atoms with E-state index in [4.69, 9.17) is 16.0 Å². The van der Waals surface area contributed by atoms with Crippen LogP contribution in [0.25, 0.3) is 17.4 Å². The fourth-order valence-corrected chi connectivity index (χ4v) is 3.23. The highest BCUT2D eigenvalue weighted by Gasteiger charge is 2.38. The van der Waals surface area contributed by atoms with Crippen LogP contribution >= 0.6 is 11.6 Å². The van der Waals surface area contributed by atoms with Crippen LogP contribution in [0.4, 0.5) is 20.6 Å². The second-order valence-electron chi connectivity index (χ2n) is 6.53. The average molecular weight is 456 g/mol. The molecule has 1 aliphatic rings. The van der Waals surface area contributed by atoms with Crippen molar-refractivity contribution >= 4 is 46.9 Å². The third-order valence-electron chi connectivity index (χ3n) is 4.54. The van der Waals surface area contributed by atoms with Crippen molar-refractivity contribution in [2.45, 2.75) is 0 Å². The Kier molecular flexibility index (Phi) is 5.29. The monoisotopic (exact) mass is 455 g/mol. The number of amides is 4. The average Bonchev–Trinajstić information content (AvgIpc) is 3.21. The first-order valence-corrected chi connectivity index (χ1v) is 9.34. The second-order valence-corrected chi connectivity index (χ2v) is 6.94. The number of benzene rings is 2. The molecule has 1 aromatic heterocycles. The zero-order valence-corrected chi connectivity index (χ0v) is 16.6. The van der Waals surface area contributed by atoms with Gasteiger partial charge in [0.15, 0.2) is 0 Å². The maximum atomic E-state index is 14.1. The summed E-state index contributed by atoms with van der Waals surface area (Å²) < 4.78 is 19.7. The molecule has 0 atom stereocenters. The van der Waals surface area contributed by atoms with E-state index in [0.717, 1.165) is 12.1 Å². The predicted octanol–water partition coefficient (Wildman–Crippen LogP) is 4.31. The van der Waals surface area contributed by atoms with Gasteiger partial charge in [-0.3, -0.25) is 25.0 Å². The van der Waals surface area contributed by atoms with Crippen LogP contribution < -0.4 is 10.2 Å². The van der Waals surface area contributed by atoms with Crippen LogP contribution in [-0.4, -0.2) is 22.8 Å². The third-order valence-corrected chi connectivity index (χ3v) is 4.86. The van der Waals surface area contributed by atoms with E-state index in [1.807, 2.05) is 5.32 Å². The van der Waals surface area contributed by atoms with Crippen LogP contribution in [0, 0.1) is 15.9 Å². The number of hydrogen-bond acceptors (Lipinski definition) is 6. The van der Waals surface area contributed by atoms with Crippen LogP contribution in [0.1, 0.15) is 5.76 Å². The number of urea groups is 1. The highest BCUT2D eigenvalue weighted by molar-refractivity contribution is 6.39. The number of furan rings is 1. The summed E-state index contributed by atoms with van der Waals surface area (Å²) in [4.78, 5) is 48.2. The fraction of sp³-hybridized carbons (Fsp3) is 0. The van der Waals surface area contributed by atoms with Crippen molar-refractivity contribution in [2.24, 2.45) is 0 Å². The summed E-state index contributed by atoms with van der Waals surface area (Å²) >= 11 is 5.81. The topological polar surface area (TPSA) is 123 Å². The van der Waals surface area contributed by atoms with Gasteiger partial charge < -0.3 is 4.42 Å². The number of nitrogens with zero attached hydrogens (tertiary/aromatic N) is 2. The van der Waals surface area contributed by atoms with Gasteiger partial charge in [0, 0.05) is 11.6 Å². The molecule has 0 spiro atoms. The molecule has 9 nitrogen and oxygen atoms in total. The van der Waals surface area contributed by atoms with Crippen LogP contribution in [-0.2, 0) is 9.59 Å². The van der Waals surface area contributed by atoms with Crippen molar-refractivity contribution in [3.8, 4) is 11.3 Å². The number of para-hydroxylation sites is 1. The lowest BCUT2D eigenvalue weighted by Crippen LogP contribution is -2.54. The highest BCUT2D eigenvalue weighted by atomic mass is 35.5. The Balaban J connectivity index is 1.69. The molecule has 1 fully saturated rings. The highest BCUT2D eigenvalue weighted by Crippen LogP contribution is 2.32. The smallest absolute Gasteiger partial charge is 0.336 e. The molecular weight excluding hydrogens is 445 g/mol. The minimum absolute atomic E-state index is 0.0463. The van der Waals surface area contributed by atoms with Crippen LogP contribution in [0.3, 0.4) is 0 Å². The molecule has 0 saturated carbocycles. The summed E-state index contributed by atoms with van der Waals surface area (Å²) in [5.41, 5.74) is -0.757. The predicted molar refractivity (Wildman–Crippen MR) is 111 cm³/mol. The summed E-state index contributed by atoms with van der Waals surface area (Å²) in [5.74, 6) is -2.58. The first-order chi connectivity index (χ1) is 15.3. The van der Waals surface area contributed by atoms with Gasteiger partial charge in [-0.05, 0) is 42.5 Å². The number of anilines is 1. The molecule has 32 heavy (non-hydrogen) atoms. The number of barbiturate groups is 1. The molecule has 160 valence electrons. The normalized spacial score (nSPS) is 15.2. The molecule has 11 heteroatoms. The zero-order valence-electron chi connectivity index (χ0n) is 15.9. The van der Waals surface area contributed by atoms with Crippen molar-refractivity contribution in [3.05, 3.63) is 86.9 Å². The number of carbonyl (C=O) groups excluding carboxylic acids is 3. The minimum Gasteiger partial charge on any atom is -0.457 e. The van der Waals surface area contributed by atoms with Gasteiger partial charge in [0.2, 0.25) is 0 Å². The summed E-state index contributed by atoms with van der Waals surface area (Å²) in [6, 6.07) is 11.0. The third kappa shape index (κ3) is 3.74. The van der Waals surface area contributed by atoms with E-state index in [9.17, 15) is 28.9 Å². The number of hydrogen-bond donors (Lipinski definition) is 1. The molecule has 4 amide bonds. The van der Waals surface area contributed by atoms with Gasteiger partial charge in [-0.25, -0.2) is 14.1 Å². The van der Waals surface area contributed by atoms with Gasteiger partial charge in [0.05, 0.1) is 10.6 Å². The number of nitro groups is 1. The molecule has 0 unspecified atom stereocenters. The van der Waals surface area contributed by atoms with Crippen molar-refractivity contribution in [2.75, 3.05) is 4.90 Å². The lowest BCUT2D eigenvalue weighted by atomic mass is 10.1. The molecule has 1 N–H and O–H groups in total. The maximum Gasteiger partial charge on any atom is 0.336 e. The van der Waals surface area contributed by atoms with Gasteiger partial charge in [0.25, 0.3) is 17.5 Å². The zero-order chi connectivity index (χ0) is 23.0. The Morgan fingerprint density at radius 2 is 1.84 bits per heavy atom. The number of halogens is 2. The number of imide groups is 2. The van der Waals surface area contributed by atoms with E-state index in [2.05, 4.69) is 0 Å². The van der Waals surface area contributed by atoms with Crippen LogP contribution in [0.5, 0.6) is 0 Å². The fourth-order valence-electron chi connectivity index (χ4n) is 3.04. The Morgan fingerprint density at radius 3 is 2.56 bits per heavy atom. The second kappa shape index (κ2) is 8.08. The largest absolute Gasteiger partial charge is 0.457 e. The van der Waals surface area contributed by atoms with Crippen molar-refractivity contribution in [1.82, 2.24) is 5.32 Å². The number of nitro benzene ring substituents is 1. The molecular formula is C21H11ClFN3O6. The van der Waals surface area contributed by atoms with Crippen LogP contribution in [0.15, 0.2) is 64.6 Å². The van der Waals surface area contributed by atoms with Crippen molar-refractivity contribution in [3.63, 3.8) is 0 Å². The summed E-state index contributed by atoms with van der Waals surface area (Å²) in [7, 11) is 0. The van der Waals surface area contributed by atoms with E-state index >= 15 is 0 Å². The van der Waals surface area contributed by atoms with Gasteiger partial charge in [-0.2, -0.15) is 0 Å². The standard InChI is InChI=1S/C21H11ClFN3O6/c22-14-7-5-11(9-17(14)26(30)31)18-8-6-12(32-18)10-13-19(27)24-21(29)25(20(13)28)16-4-2-1-3-15(16)23/h1-10H,(H,24,27,29). The molecule has 0 bridgehead atoms. The van der Waals surface area contributed by atoms with Gasteiger partial charge in [-0.1, -0.05) is 23.7 Å². The molecule has 0 radical (unpaired) electrons.